The number of carboxylic acid groups (broad SMARTS) is 2. The lowest BCUT2D eigenvalue weighted by Gasteiger charge is -2.13. The first-order valence-electron chi connectivity index (χ1n) is 14.3. The predicted octanol–water partition coefficient (Wildman–Crippen LogP) is 3.45. The van der Waals surface area contributed by atoms with Gasteiger partial charge in [-0.2, -0.15) is 0 Å². The van der Waals surface area contributed by atoms with Gasteiger partial charge in [0.15, 0.2) is 17.2 Å². The quantitative estimate of drug-likeness (QED) is 0.156. The van der Waals surface area contributed by atoms with Gasteiger partial charge in [-0.05, 0) is 84.1 Å². The van der Waals surface area contributed by atoms with E-state index in [-0.39, 0.29) is 53.2 Å². The Labute approximate surface area is 273 Å². The average Bonchev–Trinajstić information content (AvgIpc) is 3.79. The zero-order chi connectivity index (χ0) is 34.7. The Hall–Kier alpha value is -6.98. The van der Waals surface area contributed by atoms with Crippen molar-refractivity contribution in [1.82, 2.24) is 39.8 Å². The van der Waals surface area contributed by atoms with Gasteiger partial charge in [0.05, 0.1) is 28.7 Å². The lowest BCUT2D eigenvalue weighted by molar-refractivity contribution is 0.0686. The molecule has 18 heteroatoms. The Morgan fingerprint density at radius 1 is 0.776 bits per heavy atom. The van der Waals surface area contributed by atoms with E-state index in [0.717, 1.165) is 16.8 Å². The second kappa shape index (κ2) is 13.4. The summed E-state index contributed by atoms with van der Waals surface area (Å²) >= 11 is 0. The van der Waals surface area contributed by atoms with E-state index in [9.17, 15) is 29.4 Å². The van der Waals surface area contributed by atoms with E-state index in [4.69, 9.17) is 0 Å². The number of rotatable bonds is 11. The average molecular weight is 669 g/mol. The van der Waals surface area contributed by atoms with Crippen LogP contribution in [0.4, 0.5) is 20.2 Å². The molecule has 2 amide bonds. The number of imidazole rings is 1. The molecular weight excluding hydrogens is 646 g/mol. The standard InChI is InChI=1S/C31H22F2N10O6/c32-21-12-19(30(46)47)25(36-28(44)23-6-7-27(39-38-23)42-9-8-34-15-42)10-16(21)2-1-3-17-11-26(20(31(48)49)13-22(17)33)37-29(45)24-5-4-18-14-35-41-43(18)40-24/h4-15H,1-3H2,(H,36,44)(H,37,45)(H,46,47)(H,48,49). The van der Waals surface area contributed by atoms with E-state index in [1.165, 1.54) is 55.1 Å². The molecule has 49 heavy (non-hydrogen) atoms. The molecule has 0 unspecified atom stereocenters. The molecule has 4 aromatic heterocycles. The first-order valence-corrected chi connectivity index (χ1v) is 14.3. The number of anilines is 2. The van der Waals surface area contributed by atoms with Crippen LogP contribution in [0.3, 0.4) is 0 Å². The van der Waals surface area contributed by atoms with Gasteiger partial charge in [0.25, 0.3) is 11.8 Å². The summed E-state index contributed by atoms with van der Waals surface area (Å²) in [4.78, 5) is 53.4. The van der Waals surface area contributed by atoms with Crippen molar-refractivity contribution < 1.29 is 38.2 Å². The summed E-state index contributed by atoms with van der Waals surface area (Å²) in [6.45, 7) is 0. The molecule has 6 rings (SSSR count). The highest BCUT2D eigenvalue weighted by atomic mass is 19.1. The molecule has 0 bridgehead atoms. The summed E-state index contributed by atoms with van der Waals surface area (Å²) < 4.78 is 32.7. The topological polar surface area (TPSA) is 219 Å². The van der Waals surface area contributed by atoms with Crippen molar-refractivity contribution in [2.45, 2.75) is 19.3 Å². The minimum absolute atomic E-state index is 0.0208. The first-order chi connectivity index (χ1) is 23.6. The molecule has 0 spiro atoms. The number of carbonyl (C=O) groups excluding carboxylic acids is 2. The number of benzene rings is 2. The van der Waals surface area contributed by atoms with Crippen molar-refractivity contribution in [2.75, 3.05) is 10.6 Å². The van der Waals surface area contributed by atoms with Crippen molar-refractivity contribution in [2.24, 2.45) is 0 Å². The van der Waals surface area contributed by atoms with Crippen molar-refractivity contribution in [3.05, 3.63) is 119 Å². The van der Waals surface area contributed by atoms with Gasteiger partial charge in [-0.25, -0.2) is 23.4 Å². The highest BCUT2D eigenvalue weighted by Crippen LogP contribution is 2.26. The van der Waals surface area contributed by atoms with Gasteiger partial charge in [0.1, 0.15) is 23.5 Å². The largest absolute Gasteiger partial charge is 0.478 e. The first kappa shape index (κ1) is 32.0. The van der Waals surface area contributed by atoms with Crippen LogP contribution < -0.4 is 10.6 Å². The molecule has 0 fully saturated rings. The molecule has 0 aliphatic heterocycles. The number of hydrogen-bond acceptors (Lipinski definition) is 10. The van der Waals surface area contributed by atoms with Crippen LogP contribution in [0.25, 0.3) is 11.3 Å². The van der Waals surface area contributed by atoms with Crippen molar-refractivity contribution in [1.29, 1.82) is 0 Å². The molecule has 6 aromatic rings. The second-order valence-electron chi connectivity index (χ2n) is 10.5. The van der Waals surface area contributed by atoms with Crippen LogP contribution in [0.2, 0.25) is 0 Å². The highest BCUT2D eigenvalue weighted by Gasteiger charge is 2.21. The minimum atomic E-state index is -1.49. The minimum Gasteiger partial charge on any atom is -0.478 e. The fourth-order valence-electron chi connectivity index (χ4n) is 4.85. The molecular formula is C31H22F2N10O6. The van der Waals surface area contributed by atoms with Crippen LogP contribution in [-0.2, 0) is 12.8 Å². The monoisotopic (exact) mass is 668 g/mol. The number of nitrogens with zero attached hydrogens (tertiary/aromatic N) is 8. The third-order valence-corrected chi connectivity index (χ3v) is 7.28. The summed E-state index contributed by atoms with van der Waals surface area (Å²) in [5.41, 5.74) is -1.10. The van der Waals surface area contributed by atoms with E-state index in [1.807, 2.05) is 0 Å². The fraction of sp³-hybridized carbons (Fsp3) is 0.0968. The number of hydrogen-bond donors (Lipinski definition) is 4. The van der Waals surface area contributed by atoms with Gasteiger partial charge >= 0.3 is 11.9 Å². The van der Waals surface area contributed by atoms with Crippen LogP contribution in [0.15, 0.2) is 73.4 Å². The third kappa shape index (κ3) is 6.92. The maximum atomic E-state index is 15.0. The van der Waals surface area contributed by atoms with Crippen LogP contribution in [-0.4, -0.2) is 73.8 Å². The Kier molecular flexibility index (Phi) is 8.75. The molecule has 0 saturated carbocycles. The number of amides is 2. The summed E-state index contributed by atoms with van der Waals surface area (Å²) in [6, 6.07) is 9.65. The number of aromatic nitrogens is 8. The van der Waals surface area contributed by atoms with Gasteiger partial charge in [-0.1, -0.05) is 0 Å². The second-order valence-corrected chi connectivity index (χ2v) is 10.5. The van der Waals surface area contributed by atoms with E-state index >= 15 is 8.78 Å². The molecule has 0 aliphatic carbocycles. The van der Waals surface area contributed by atoms with Gasteiger partial charge in [-0.3, -0.25) is 14.2 Å². The molecule has 246 valence electrons. The molecule has 16 nitrogen and oxygen atoms in total. The Balaban J connectivity index is 1.17. The number of fused-ring (bicyclic) bond motifs is 1. The smallest absolute Gasteiger partial charge is 0.337 e. The van der Waals surface area contributed by atoms with Gasteiger partial charge in [0.2, 0.25) is 0 Å². The van der Waals surface area contributed by atoms with Gasteiger partial charge in [-0.15, -0.1) is 25.0 Å². The number of aryl methyl sites for hydroxylation is 2. The Morgan fingerprint density at radius 2 is 1.39 bits per heavy atom. The summed E-state index contributed by atoms with van der Waals surface area (Å²) in [7, 11) is 0. The normalized spacial score (nSPS) is 11.0. The maximum absolute atomic E-state index is 15.0. The number of carbonyl (C=O) groups is 4. The van der Waals surface area contributed by atoms with Crippen LogP contribution in [0, 0.1) is 11.6 Å². The van der Waals surface area contributed by atoms with Crippen LogP contribution in [0.1, 0.15) is 59.2 Å². The van der Waals surface area contributed by atoms with Crippen molar-refractivity contribution in [3.8, 4) is 5.82 Å². The lowest BCUT2D eigenvalue weighted by Crippen LogP contribution is -2.18. The zero-order valence-corrected chi connectivity index (χ0v) is 24.9. The predicted molar refractivity (Wildman–Crippen MR) is 165 cm³/mol. The third-order valence-electron chi connectivity index (χ3n) is 7.28. The molecule has 0 atom stereocenters. The number of halogens is 2. The SMILES string of the molecule is O=C(Nc1cc(CCCc2cc(NC(=O)c3ccc4cnnn4n3)c(C(=O)O)cc2F)c(F)cc1C(=O)O)c1ccc(-n2ccnc2)nn1. The fourth-order valence-corrected chi connectivity index (χ4v) is 4.85. The molecule has 0 radical (unpaired) electrons. The van der Waals surface area contributed by atoms with Crippen LogP contribution >= 0.6 is 0 Å². The zero-order valence-electron chi connectivity index (χ0n) is 24.9. The summed E-state index contributed by atoms with van der Waals surface area (Å²) in [5, 5.41) is 43.4. The molecule has 4 N–H and O–H groups in total. The number of nitrogens with one attached hydrogen (secondary N) is 2. The molecule has 0 aliphatic rings. The number of aromatic carboxylic acids is 2. The van der Waals surface area contributed by atoms with Gasteiger partial charge < -0.3 is 20.8 Å². The van der Waals surface area contributed by atoms with E-state index < -0.39 is 46.5 Å². The molecule has 0 saturated heterocycles. The Bertz CT molecular complexity index is 2240. The highest BCUT2D eigenvalue weighted by molar-refractivity contribution is 6.07. The van der Waals surface area contributed by atoms with E-state index in [0.29, 0.717) is 11.3 Å². The van der Waals surface area contributed by atoms with Crippen LogP contribution in [0.5, 0.6) is 0 Å². The van der Waals surface area contributed by atoms with Crippen molar-refractivity contribution >= 4 is 40.6 Å². The summed E-state index contributed by atoms with van der Waals surface area (Å²) in [5.74, 6) is -5.91. The van der Waals surface area contributed by atoms with Gasteiger partial charge in [0, 0.05) is 12.4 Å². The van der Waals surface area contributed by atoms with E-state index in [2.05, 4.69) is 41.2 Å². The molecule has 2 aromatic carbocycles. The Morgan fingerprint density at radius 3 is 1.94 bits per heavy atom. The van der Waals surface area contributed by atoms with Crippen molar-refractivity contribution in [3.63, 3.8) is 0 Å². The maximum Gasteiger partial charge on any atom is 0.337 e. The number of carboxylic acids is 2. The lowest BCUT2D eigenvalue weighted by atomic mass is 9.99. The molecule has 4 heterocycles. The van der Waals surface area contributed by atoms with E-state index in [1.54, 1.807) is 10.8 Å². The summed E-state index contributed by atoms with van der Waals surface area (Å²) in [6.07, 6.45) is 6.12.